The molecule has 43 heavy (non-hydrogen) atoms. The van der Waals surface area contributed by atoms with Crippen molar-refractivity contribution in [2.24, 2.45) is 0 Å². The van der Waals surface area contributed by atoms with Gasteiger partial charge in [-0.1, -0.05) is 12.1 Å². The second-order valence-corrected chi connectivity index (χ2v) is 13.6. The van der Waals surface area contributed by atoms with Gasteiger partial charge in [-0.15, -0.1) is 0 Å². The summed E-state index contributed by atoms with van der Waals surface area (Å²) in [5, 5.41) is 15.6. The molecule has 1 aliphatic heterocycles. The Kier molecular flexibility index (Phi) is 8.43. The van der Waals surface area contributed by atoms with Crippen molar-refractivity contribution in [1.82, 2.24) is 14.9 Å². The number of carbonyl (C=O) groups is 1. The lowest BCUT2D eigenvalue weighted by molar-refractivity contribution is -0.137. The molecule has 1 aliphatic carbocycles. The summed E-state index contributed by atoms with van der Waals surface area (Å²) < 4.78 is 59.1. The van der Waals surface area contributed by atoms with E-state index in [-0.39, 0.29) is 41.5 Å². The van der Waals surface area contributed by atoms with Gasteiger partial charge < -0.3 is 30.3 Å². The third kappa shape index (κ3) is 6.79. The molecule has 1 aromatic heterocycles. The molecule has 1 saturated carbocycles. The van der Waals surface area contributed by atoms with E-state index in [1.807, 2.05) is 6.07 Å². The Morgan fingerprint density at radius 1 is 1.12 bits per heavy atom. The predicted molar refractivity (Wildman–Crippen MR) is 156 cm³/mol. The van der Waals surface area contributed by atoms with E-state index >= 15 is 0 Å². The molecule has 3 aromatic rings. The van der Waals surface area contributed by atoms with E-state index in [1.54, 1.807) is 18.0 Å². The second-order valence-electron chi connectivity index (χ2n) is 11.2. The van der Waals surface area contributed by atoms with Gasteiger partial charge in [-0.25, -0.2) is 4.98 Å². The van der Waals surface area contributed by atoms with E-state index < -0.39 is 24.9 Å². The van der Waals surface area contributed by atoms with Crippen LogP contribution in [0.5, 0.6) is 5.75 Å². The van der Waals surface area contributed by atoms with Crippen molar-refractivity contribution in [2.75, 3.05) is 31.5 Å². The van der Waals surface area contributed by atoms with Gasteiger partial charge in [0.15, 0.2) is 0 Å². The minimum absolute atomic E-state index is 0.126. The highest BCUT2D eigenvalue weighted by Crippen LogP contribution is 2.43. The van der Waals surface area contributed by atoms with Gasteiger partial charge in [-0.3, -0.25) is 9.36 Å². The van der Waals surface area contributed by atoms with Gasteiger partial charge in [0.1, 0.15) is 17.1 Å². The van der Waals surface area contributed by atoms with Gasteiger partial charge in [0, 0.05) is 32.6 Å². The number of carbonyl (C=O) groups excluding carboxylic acids is 1. The number of halogens is 3. The molecule has 1 atom stereocenters. The number of aliphatic hydroxyl groups excluding tert-OH is 1. The topological polar surface area (TPSA) is 137 Å². The lowest BCUT2D eigenvalue weighted by Crippen LogP contribution is -2.18. The van der Waals surface area contributed by atoms with Crippen LogP contribution in [0.1, 0.15) is 64.2 Å². The number of fused-ring (bicyclic) bond motifs is 1. The summed E-state index contributed by atoms with van der Waals surface area (Å²) in [6.07, 6.45) is -1.59. The number of benzene rings is 2. The maximum atomic E-state index is 14.0. The van der Waals surface area contributed by atoms with Crippen molar-refractivity contribution in [2.45, 2.75) is 56.6 Å². The summed E-state index contributed by atoms with van der Waals surface area (Å²) in [6.45, 7) is 1.62. The molecule has 1 unspecified atom stereocenters. The van der Waals surface area contributed by atoms with Gasteiger partial charge in [0.05, 0.1) is 30.2 Å². The Morgan fingerprint density at radius 3 is 2.47 bits per heavy atom. The molecular weight excluding hydrogens is 586 g/mol. The van der Waals surface area contributed by atoms with Gasteiger partial charge in [0.2, 0.25) is 13.3 Å². The first kappa shape index (κ1) is 30.8. The Bertz CT molecular complexity index is 1590. The lowest BCUT2D eigenvalue weighted by Gasteiger charge is -2.27. The normalized spacial score (nSPS) is 20.0. The first-order valence-corrected chi connectivity index (χ1v) is 16.1. The summed E-state index contributed by atoms with van der Waals surface area (Å²) in [4.78, 5) is 32.5. The number of anilines is 4. The minimum atomic E-state index is -4.78. The number of amides is 1. The third-order valence-electron chi connectivity index (χ3n) is 7.78. The maximum Gasteiger partial charge on any atom is 0.421 e. The van der Waals surface area contributed by atoms with Crippen LogP contribution < -0.4 is 15.4 Å². The molecule has 0 spiro atoms. The number of aliphatic hydroxyl groups is 1. The van der Waals surface area contributed by atoms with Crippen molar-refractivity contribution in [3.63, 3.8) is 0 Å². The largest absolute Gasteiger partial charge is 0.495 e. The summed E-state index contributed by atoms with van der Waals surface area (Å²) >= 11 is 0. The number of hydrogen-bond donors (Lipinski definition) is 4. The summed E-state index contributed by atoms with van der Waals surface area (Å²) in [7, 11) is -0.365. The average molecular weight is 620 g/mol. The number of aromatic nitrogens is 2. The molecule has 5 rings (SSSR count). The fourth-order valence-electron chi connectivity index (χ4n) is 5.72. The smallest absolute Gasteiger partial charge is 0.421 e. The molecule has 0 saturated heterocycles. The molecule has 2 aliphatic rings. The van der Waals surface area contributed by atoms with Gasteiger partial charge in [-0.2, -0.15) is 18.2 Å². The number of nitrogens with one attached hydrogen (secondary N) is 2. The predicted octanol–water partition coefficient (Wildman–Crippen LogP) is 6.00. The van der Waals surface area contributed by atoms with Crippen LogP contribution >= 0.6 is 7.37 Å². The number of rotatable bonds is 8. The zero-order valence-electron chi connectivity index (χ0n) is 23.9. The van der Waals surface area contributed by atoms with E-state index in [4.69, 9.17) is 4.74 Å². The van der Waals surface area contributed by atoms with Gasteiger partial charge in [0.25, 0.3) is 5.91 Å². The molecule has 0 bridgehead atoms. The lowest BCUT2D eigenvalue weighted by atomic mass is 9.80. The van der Waals surface area contributed by atoms with Crippen molar-refractivity contribution < 1.29 is 37.3 Å². The molecule has 4 N–H and O–H groups in total. The third-order valence-corrected chi connectivity index (χ3v) is 8.73. The fraction of sp³-hybridized carbons (Fsp3) is 0.414. The molecule has 0 radical (unpaired) electrons. The summed E-state index contributed by atoms with van der Waals surface area (Å²) in [6, 6.07) is 8.09. The SMILES string of the molecule is COc1cc(CP(C)(=O)O)ccc1Nc1nc(Nc2ccc(C3CCC(O)CC3)c3c2C(=O)N(C)C3)ncc1C(F)(F)F. The van der Waals surface area contributed by atoms with Crippen LogP contribution in [0.2, 0.25) is 0 Å². The van der Waals surface area contributed by atoms with E-state index in [1.165, 1.54) is 32.0 Å². The fourth-order valence-corrected chi connectivity index (χ4v) is 6.59. The van der Waals surface area contributed by atoms with E-state index in [9.17, 15) is 32.5 Å². The molecule has 1 fully saturated rings. The van der Waals surface area contributed by atoms with Crippen molar-refractivity contribution >= 4 is 36.4 Å². The first-order valence-electron chi connectivity index (χ1n) is 13.8. The average Bonchev–Trinajstić information content (AvgIpc) is 3.23. The molecule has 14 heteroatoms. The number of alkyl halides is 3. The number of ether oxygens (including phenoxy) is 1. The highest BCUT2D eigenvalue weighted by molar-refractivity contribution is 7.56. The number of hydrogen-bond acceptors (Lipinski definition) is 8. The van der Waals surface area contributed by atoms with Crippen molar-refractivity contribution in [1.29, 1.82) is 0 Å². The Balaban J connectivity index is 1.49. The van der Waals surface area contributed by atoms with Crippen molar-refractivity contribution in [3.8, 4) is 5.75 Å². The second kappa shape index (κ2) is 11.8. The van der Waals surface area contributed by atoms with Crippen LogP contribution in [-0.4, -0.2) is 57.7 Å². The summed E-state index contributed by atoms with van der Waals surface area (Å²) in [5.74, 6) is -0.561. The molecular formula is C29H33F3N5O5P. The van der Waals surface area contributed by atoms with Crippen LogP contribution in [0.15, 0.2) is 36.5 Å². The first-order chi connectivity index (χ1) is 20.2. The van der Waals surface area contributed by atoms with Crippen LogP contribution in [0.3, 0.4) is 0 Å². The zero-order chi connectivity index (χ0) is 31.1. The van der Waals surface area contributed by atoms with Crippen LogP contribution in [0, 0.1) is 0 Å². The van der Waals surface area contributed by atoms with Crippen LogP contribution in [-0.2, 0) is 23.4 Å². The monoisotopic (exact) mass is 619 g/mol. The molecule has 1 amide bonds. The quantitative estimate of drug-likeness (QED) is 0.224. The molecule has 2 aromatic carbocycles. The number of nitrogens with zero attached hydrogens (tertiary/aromatic N) is 3. The highest BCUT2D eigenvalue weighted by Gasteiger charge is 2.37. The van der Waals surface area contributed by atoms with E-state index in [0.29, 0.717) is 42.4 Å². The summed E-state index contributed by atoms with van der Waals surface area (Å²) in [5.41, 5.74) is 2.22. The Labute approximate surface area is 246 Å². The van der Waals surface area contributed by atoms with Gasteiger partial charge in [-0.05, 0) is 66.5 Å². The number of methoxy groups -OCH3 is 1. The van der Waals surface area contributed by atoms with Gasteiger partial charge >= 0.3 is 6.18 Å². The molecule has 230 valence electrons. The molecule has 2 heterocycles. The van der Waals surface area contributed by atoms with Crippen molar-refractivity contribution in [3.05, 3.63) is 64.3 Å². The van der Waals surface area contributed by atoms with Crippen LogP contribution in [0.4, 0.5) is 36.3 Å². The standard InChI is InChI=1S/C29H33F3N5O5P/c1-37-14-20-19(17-5-7-18(38)8-6-17)9-11-23(25(20)27(37)39)35-28-33-13-21(29(30,31)32)26(36-28)34-22-10-4-16(12-24(22)42-2)15-43(3,40)41/h4,9-13,17-18,38H,5-8,14-15H2,1-3H3,(H,40,41)(H2,33,34,35,36). The van der Waals surface area contributed by atoms with E-state index in [2.05, 4.69) is 20.6 Å². The minimum Gasteiger partial charge on any atom is -0.495 e. The molecule has 10 nitrogen and oxygen atoms in total. The Morgan fingerprint density at radius 2 is 1.81 bits per heavy atom. The maximum absolute atomic E-state index is 14.0. The highest BCUT2D eigenvalue weighted by atomic mass is 31.2. The Hall–Kier alpha value is -3.67. The van der Waals surface area contributed by atoms with Crippen LogP contribution in [0.25, 0.3) is 0 Å². The van der Waals surface area contributed by atoms with E-state index in [0.717, 1.165) is 24.0 Å². The zero-order valence-corrected chi connectivity index (χ0v) is 24.8.